The Morgan fingerprint density at radius 2 is 0.759 bits per heavy atom. The molecule has 0 spiro atoms. The van der Waals surface area contributed by atoms with Crippen LogP contribution in [0, 0.1) is 0 Å². The molecular formula is C68H118O19. The molecule has 2 saturated heterocycles. The molecule has 0 aromatic heterocycles. The SMILES string of the molecule is CCCCCCC(=O)O[C@@]1(C(=O)CCCCCC)[C@@](O)(C(=O)CCCCCC)[C@](O)(C(=O)CCCCCC)[C@@](OC2(CO)O[C@H](CO)[C@@H](O)[C@@H]2O)(C(=O)CCCCCC)O[C@]1(C(=O)CCCCCC)C(O)(C(=O)CCCCCC)C(=O)CCCCCC. The van der Waals surface area contributed by atoms with Crippen LogP contribution in [0.3, 0.4) is 0 Å². The number of unbranched alkanes of at least 4 members (excludes halogenated alkanes) is 24. The molecule has 2 rings (SSSR count). The highest BCUT2D eigenvalue weighted by Gasteiger charge is 2.97. The Balaban J connectivity index is 4.11. The molecular weight excluding hydrogens is 1120 g/mol. The Labute approximate surface area is 520 Å². The summed E-state index contributed by atoms with van der Waals surface area (Å²) in [6, 6.07) is 0. The Kier molecular flexibility index (Phi) is 36.6. The average molecular weight is 1240 g/mol. The van der Waals surface area contributed by atoms with Gasteiger partial charge < -0.3 is 54.7 Å². The van der Waals surface area contributed by atoms with Crippen LogP contribution in [0.15, 0.2) is 0 Å². The number of Topliss-reactive ketones (excluding diaryl/α,β-unsaturated/α-hetero) is 7. The lowest BCUT2D eigenvalue weighted by molar-refractivity contribution is -0.466. The molecule has 0 saturated carbocycles. The van der Waals surface area contributed by atoms with Crippen molar-refractivity contribution >= 4 is 46.5 Å². The van der Waals surface area contributed by atoms with Crippen LogP contribution >= 0.6 is 0 Å². The van der Waals surface area contributed by atoms with Gasteiger partial charge in [0.1, 0.15) is 24.9 Å². The third-order valence-corrected chi connectivity index (χ3v) is 18.1. The van der Waals surface area contributed by atoms with Crippen molar-refractivity contribution in [1.82, 2.24) is 0 Å². The summed E-state index contributed by atoms with van der Waals surface area (Å²) in [5, 5.41) is 91.0. The van der Waals surface area contributed by atoms with Gasteiger partial charge in [-0.3, -0.25) is 38.4 Å². The van der Waals surface area contributed by atoms with Gasteiger partial charge in [-0.25, -0.2) is 0 Å². The lowest BCUT2D eigenvalue weighted by Crippen LogP contribution is -2.99. The van der Waals surface area contributed by atoms with Gasteiger partial charge in [-0.2, -0.15) is 0 Å². The van der Waals surface area contributed by atoms with E-state index >= 15 is 43.5 Å². The third-order valence-electron chi connectivity index (χ3n) is 18.1. The van der Waals surface area contributed by atoms with Gasteiger partial charge in [0.15, 0.2) is 40.5 Å². The Bertz CT molecular complexity index is 2090. The molecule has 2 heterocycles. The highest BCUT2D eigenvalue weighted by Crippen LogP contribution is 2.64. The molecule has 19 heteroatoms. The van der Waals surface area contributed by atoms with Crippen LogP contribution in [0.25, 0.3) is 0 Å². The number of aliphatic hydroxyl groups is 7. The number of ether oxygens (including phenoxy) is 4. The number of carbonyl (C=O) groups excluding carboxylic acids is 8. The van der Waals surface area contributed by atoms with Gasteiger partial charge in [0.2, 0.25) is 33.8 Å². The maximum atomic E-state index is 17.2. The number of hydrogen-bond acceptors (Lipinski definition) is 19. The molecule has 0 aromatic rings. The molecule has 2 aliphatic rings. The zero-order valence-electron chi connectivity index (χ0n) is 55.0. The van der Waals surface area contributed by atoms with Crippen LogP contribution in [0.5, 0.6) is 0 Å². The highest BCUT2D eigenvalue weighted by molar-refractivity contribution is 6.22. The smallest absolute Gasteiger partial charge is 0.307 e. The molecule has 9 atom stereocenters. The fourth-order valence-corrected chi connectivity index (χ4v) is 12.9. The summed E-state index contributed by atoms with van der Waals surface area (Å²) < 4.78 is 26.6. The van der Waals surface area contributed by atoms with Gasteiger partial charge in [0.25, 0.3) is 5.79 Å². The second-order valence-electron chi connectivity index (χ2n) is 25.0. The molecule has 1 unspecified atom stereocenters. The fourth-order valence-electron chi connectivity index (χ4n) is 12.9. The summed E-state index contributed by atoms with van der Waals surface area (Å²) in [5.41, 5.74) is -22.1. The molecule has 504 valence electrons. The van der Waals surface area contributed by atoms with Crippen molar-refractivity contribution in [3.63, 3.8) is 0 Å². The molecule has 2 aliphatic heterocycles. The number of carbonyl (C=O) groups is 8. The summed E-state index contributed by atoms with van der Waals surface area (Å²) in [5.74, 6) is -20.4. The number of aliphatic hydroxyl groups excluding tert-OH is 4. The first-order valence-electron chi connectivity index (χ1n) is 34.3. The molecule has 7 N–H and O–H groups in total. The predicted molar refractivity (Wildman–Crippen MR) is 330 cm³/mol. The van der Waals surface area contributed by atoms with Gasteiger partial charge in [0.05, 0.1) is 6.61 Å². The van der Waals surface area contributed by atoms with E-state index in [4.69, 9.17) is 18.9 Å². The van der Waals surface area contributed by atoms with E-state index < -0.39 is 169 Å². The van der Waals surface area contributed by atoms with Gasteiger partial charge in [-0.1, -0.05) is 209 Å². The van der Waals surface area contributed by atoms with E-state index in [0.29, 0.717) is 122 Å². The van der Waals surface area contributed by atoms with Crippen molar-refractivity contribution in [2.45, 2.75) is 370 Å². The van der Waals surface area contributed by atoms with E-state index in [2.05, 4.69) is 0 Å². The van der Waals surface area contributed by atoms with Gasteiger partial charge in [-0.15, -0.1) is 0 Å². The van der Waals surface area contributed by atoms with Crippen molar-refractivity contribution in [1.29, 1.82) is 0 Å². The second kappa shape index (κ2) is 39.9. The van der Waals surface area contributed by atoms with E-state index in [-0.39, 0.29) is 83.5 Å². The zero-order valence-corrected chi connectivity index (χ0v) is 55.0. The summed E-state index contributed by atoms with van der Waals surface area (Å²) >= 11 is 0. The maximum Gasteiger partial charge on any atom is 0.307 e. The Morgan fingerprint density at radius 1 is 0.425 bits per heavy atom. The number of ketones is 7. The summed E-state index contributed by atoms with van der Waals surface area (Å²) in [6.07, 6.45) is -2.91. The molecule has 0 aliphatic carbocycles. The normalized spacial score (nSPS) is 26.4. The predicted octanol–water partition coefficient (Wildman–Crippen LogP) is 10.5. The largest absolute Gasteiger partial charge is 0.443 e. The van der Waals surface area contributed by atoms with Crippen LogP contribution in [-0.4, -0.2) is 153 Å². The molecule has 0 aromatic carbocycles. The lowest BCUT2D eigenvalue weighted by Gasteiger charge is -2.68. The van der Waals surface area contributed by atoms with Gasteiger partial charge in [-0.05, 0) is 51.4 Å². The minimum absolute atomic E-state index is 0.0269. The molecule has 0 amide bonds. The average Bonchev–Trinajstić information content (AvgIpc) is 0.741. The van der Waals surface area contributed by atoms with Gasteiger partial charge in [0, 0.05) is 51.4 Å². The number of hydrogen-bond donors (Lipinski definition) is 7. The number of esters is 1. The van der Waals surface area contributed by atoms with Gasteiger partial charge >= 0.3 is 5.97 Å². The summed E-state index contributed by atoms with van der Waals surface area (Å²) in [7, 11) is 0. The Morgan fingerprint density at radius 3 is 1.11 bits per heavy atom. The standard InChI is InChI=1S/C68H118O19/c1-9-17-25-33-41-52(71)63(81,53(72)42-34-26-18-10-2)66(56(75)45-37-29-21-13-5)67(57(76)46-38-30-22-14-6,85-59(78)48-40-32-24-16-8)64(82,54(73)43-35-27-19-11-3)65(83,55(74)44-36-28-20-12-4)68(87-66,58(77)47-39-31-23-15-7)86-62(50-70)61(80)60(79)51(49-69)84-62/h51,60-61,69-70,79-83H,9-50H2,1-8H3/t51-,60-,61+,62?,64-,65-,66-,67+,68-/m1/s1. The van der Waals surface area contributed by atoms with E-state index in [1.807, 2.05) is 55.4 Å². The first-order chi connectivity index (χ1) is 41.5. The first kappa shape index (κ1) is 79.9. The minimum Gasteiger partial charge on any atom is -0.443 e. The maximum absolute atomic E-state index is 17.2. The molecule has 0 bridgehead atoms. The van der Waals surface area contributed by atoms with E-state index in [0.717, 1.165) is 0 Å². The van der Waals surface area contributed by atoms with Crippen LogP contribution in [0.2, 0.25) is 0 Å². The molecule has 2 fully saturated rings. The summed E-state index contributed by atoms with van der Waals surface area (Å²) in [6.45, 7) is 12.3. The van der Waals surface area contributed by atoms with Crippen LogP contribution in [0.4, 0.5) is 0 Å². The quantitative estimate of drug-likeness (QED) is 0.0169. The van der Waals surface area contributed by atoms with Crippen LogP contribution in [-0.2, 0) is 57.3 Å². The monoisotopic (exact) mass is 1240 g/mol. The van der Waals surface area contributed by atoms with Crippen LogP contribution < -0.4 is 0 Å². The van der Waals surface area contributed by atoms with Crippen molar-refractivity contribution in [2.75, 3.05) is 13.2 Å². The van der Waals surface area contributed by atoms with E-state index in [1.165, 1.54) is 0 Å². The lowest BCUT2D eigenvalue weighted by atomic mass is 9.47. The van der Waals surface area contributed by atoms with E-state index in [9.17, 15) is 30.6 Å². The first-order valence-corrected chi connectivity index (χ1v) is 34.3. The van der Waals surface area contributed by atoms with Crippen molar-refractivity contribution < 1.29 is 93.0 Å². The molecule has 87 heavy (non-hydrogen) atoms. The second-order valence-corrected chi connectivity index (χ2v) is 25.0. The van der Waals surface area contributed by atoms with Crippen molar-refractivity contribution in [3.8, 4) is 0 Å². The van der Waals surface area contributed by atoms with Crippen LogP contribution in [0.1, 0.15) is 312 Å². The number of rotatable bonds is 53. The molecule has 19 nitrogen and oxygen atoms in total. The topological polar surface area (TPSA) is 315 Å². The zero-order chi connectivity index (χ0) is 65.4. The minimum atomic E-state index is -4.61. The van der Waals surface area contributed by atoms with Crippen molar-refractivity contribution in [3.05, 3.63) is 0 Å². The summed E-state index contributed by atoms with van der Waals surface area (Å²) in [4.78, 5) is 133. The molecule has 0 radical (unpaired) electrons. The highest BCUT2D eigenvalue weighted by atomic mass is 16.8. The Hall–Kier alpha value is -3.24. The van der Waals surface area contributed by atoms with E-state index in [1.54, 1.807) is 0 Å². The third kappa shape index (κ3) is 18.1. The fraction of sp³-hybridized carbons (Fsp3) is 0.882. The van der Waals surface area contributed by atoms with Crippen molar-refractivity contribution in [2.24, 2.45) is 0 Å².